The van der Waals surface area contributed by atoms with Crippen molar-refractivity contribution >= 4 is 51.9 Å². The van der Waals surface area contributed by atoms with Crippen molar-refractivity contribution in [3.8, 4) is 23.0 Å². The molecule has 8 unspecified atom stereocenters. The van der Waals surface area contributed by atoms with Crippen LogP contribution in [0.4, 0.5) is 28.3 Å². The molecule has 2 aliphatic heterocycles. The first-order chi connectivity index (χ1) is 46.8. The van der Waals surface area contributed by atoms with Gasteiger partial charge < -0.3 is 89.8 Å². The fourth-order valence-electron chi connectivity index (χ4n) is 13.6. The number of anilines is 4. The summed E-state index contributed by atoms with van der Waals surface area (Å²) in [6.45, 7) is 0.958. The number of amides is 2. The average Bonchev–Trinajstić information content (AvgIpc) is 1.59. The third-order valence-corrected chi connectivity index (χ3v) is 18.8. The van der Waals surface area contributed by atoms with Crippen LogP contribution in [0.5, 0.6) is 23.0 Å². The fourth-order valence-corrected chi connectivity index (χ4v) is 13.6. The smallest absolute Gasteiger partial charge is 0.315 e. The van der Waals surface area contributed by atoms with E-state index in [0.29, 0.717) is 119 Å². The summed E-state index contributed by atoms with van der Waals surface area (Å²) in [5.74, 6) is 4.21. The number of hydrogen-bond acceptors (Lipinski definition) is 25. The van der Waals surface area contributed by atoms with E-state index < -0.39 is 60.7 Å². The Hall–Kier alpha value is -10.3. The molecule has 2 aliphatic carbocycles. The quantitative estimate of drug-likeness (QED) is 0.0464. The van der Waals surface area contributed by atoms with Gasteiger partial charge >= 0.3 is 6.03 Å². The second-order valence-corrected chi connectivity index (χ2v) is 24.5. The lowest BCUT2D eigenvalue weighted by Gasteiger charge is -2.24. The first-order valence-electron chi connectivity index (χ1n) is 31.7. The van der Waals surface area contributed by atoms with E-state index in [-0.39, 0.29) is 44.2 Å². The number of carbonyl (C=O) groups is 1. The minimum atomic E-state index is -1.27. The first-order valence-corrected chi connectivity index (χ1v) is 31.7. The van der Waals surface area contributed by atoms with E-state index in [1.165, 1.54) is 22.0 Å². The number of ether oxygens (including phenoxy) is 4. The third kappa shape index (κ3) is 12.3. The number of nitrogens with zero attached hydrogens (tertiary/aromatic N) is 16. The molecule has 10 atom stereocenters. The van der Waals surface area contributed by atoms with E-state index in [1.807, 2.05) is 107 Å². The predicted molar refractivity (Wildman–Crippen MR) is 348 cm³/mol. The highest BCUT2D eigenvalue weighted by Crippen LogP contribution is 2.43. The van der Waals surface area contributed by atoms with E-state index in [9.17, 15) is 35.4 Å². The van der Waals surface area contributed by atoms with Crippen LogP contribution in [0.1, 0.15) is 95.6 Å². The molecule has 31 heteroatoms. The number of nitrogens with one attached hydrogen (secondary N) is 4. The number of rotatable bonds is 22. The molecule has 10 N–H and O–H groups in total. The highest BCUT2D eigenvalue weighted by molar-refractivity contribution is 5.86. The van der Waals surface area contributed by atoms with Crippen LogP contribution in [-0.2, 0) is 13.2 Å². The normalized spacial score (nSPS) is 22.6. The largest absolute Gasteiger partial charge is 0.497 e. The topological polar surface area (TPSA) is 379 Å². The molecular weight excluding hydrogens is 1240 g/mol. The Morgan fingerprint density at radius 1 is 0.500 bits per heavy atom. The molecule has 2 saturated heterocycles. The van der Waals surface area contributed by atoms with Gasteiger partial charge in [0, 0.05) is 38.3 Å². The molecule has 0 radical (unpaired) electrons. The molecule has 8 heterocycles. The summed E-state index contributed by atoms with van der Waals surface area (Å²) >= 11 is 0. The van der Waals surface area contributed by atoms with Crippen molar-refractivity contribution in [2.24, 2.45) is 0 Å². The van der Waals surface area contributed by atoms with Crippen molar-refractivity contribution in [2.75, 3.05) is 75.1 Å². The van der Waals surface area contributed by atoms with Crippen LogP contribution in [-0.4, -0.2) is 197 Å². The van der Waals surface area contributed by atoms with Crippen LogP contribution in [0.2, 0.25) is 0 Å². The van der Waals surface area contributed by atoms with Crippen molar-refractivity contribution in [1.82, 2.24) is 79.7 Å². The summed E-state index contributed by atoms with van der Waals surface area (Å²) in [6.07, 6.45) is 2.47. The molecule has 2 amide bonds. The number of imidazole rings is 2. The first kappa shape index (κ1) is 63.1. The molecule has 96 heavy (non-hydrogen) atoms. The molecule has 6 aromatic heterocycles. The maximum absolute atomic E-state index is 14.2. The Morgan fingerprint density at radius 2 is 0.844 bits per heavy atom. The van der Waals surface area contributed by atoms with Crippen molar-refractivity contribution in [1.29, 1.82) is 0 Å². The summed E-state index contributed by atoms with van der Waals surface area (Å²) in [5, 5.41) is 97.0. The Kier molecular flexibility index (Phi) is 17.6. The predicted octanol–water partition coefficient (Wildman–Crippen LogP) is 3.54. The van der Waals surface area contributed by atoms with Gasteiger partial charge in [0.1, 0.15) is 70.9 Å². The molecule has 500 valence electrons. The summed E-state index contributed by atoms with van der Waals surface area (Å²) in [6, 6.07) is 26.0. The van der Waals surface area contributed by atoms with Crippen LogP contribution in [0.25, 0.3) is 22.3 Å². The second kappa shape index (κ2) is 26.8. The monoisotopic (exact) mass is 1310 g/mol. The lowest BCUT2D eigenvalue weighted by atomic mass is 9.98. The number of aromatic nitrogens is 14. The van der Waals surface area contributed by atoms with Gasteiger partial charge in [0.05, 0.1) is 90.9 Å². The zero-order valence-electron chi connectivity index (χ0n) is 52.9. The lowest BCUT2D eigenvalue weighted by molar-refractivity contribution is 0.00491. The third-order valence-electron chi connectivity index (χ3n) is 18.8. The number of methoxy groups -OCH3 is 4. The highest BCUT2D eigenvalue weighted by atomic mass is 16.5. The van der Waals surface area contributed by atoms with Crippen molar-refractivity contribution in [3.05, 3.63) is 156 Å². The van der Waals surface area contributed by atoms with Crippen LogP contribution in [0.3, 0.4) is 0 Å². The van der Waals surface area contributed by atoms with Gasteiger partial charge in [-0.05, 0) is 96.5 Å². The van der Waals surface area contributed by atoms with Crippen molar-refractivity contribution in [2.45, 2.75) is 112 Å². The summed E-state index contributed by atoms with van der Waals surface area (Å²) in [5.41, 5.74) is 5.82. The summed E-state index contributed by atoms with van der Waals surface area (Å²) < 4.78 is 25.6. The number of hydrogen-bond donors (Lipinski definition) is 10. The van der Waals surface area contributed by atoms with Gasteiger partial charge in [-0.3, -0.25) is 0 Å². The molecule has 2 saturated carbocycles. The number of fused-ring (bicyclic) bond motifs is 2. The highest BCUT2D eigenvalue weighted by Gasteiger charge is 2.47. The number of carbonyl (C=O) groups excluding carboxylic acids is 1. The van der Waals surface area contributed by atoms with Crippen LogP contribution >= 0.6 is 0 Å². The van der Waals surface area contributed by atoms with Crippen LogP contribution in [0.15, 0.2) is 122 Å². The molecule has 4 aromatic carbocycles. The number of benzene rings is 4. The Morgan fingerprint density at radius 3 is 1.17 bits per heavy atom. The van der Waals surface area contributed by atoms with E-state index in [4.69, 9.17) is 48.9 Å². The van der Waals surface area contributed by atoms with Crippen molar-refractivity contribution in [3.63, 3.8) is 0 Å². The Balaban J connectivity index is 0.727. The molecule has 14 rings (SSSR count). The van der Waals surface area contributed by atoms with E-state index >= 15 is 0 Å². The SMILES string of the molecule is COc1ccc(C(Nc2nc(N3CC[C@@H](NC(=O)N[C@@H]4CCN(c5nc(NC(c6ccc(OC)cc6)c6ccc(OC)cc6)c6ncn(C7CC(n8ncc(CO)n8)C(O)C7O)c6n5)C4)C3)nc3c2ncn3C2CC(n3ncc(CO)n3)C(O)C2O)c2ccc(OC)cc2)cc1. The van der Waals surface area contributed by atoms with Gasteiger partial charge in [0.25, 0.3) is 0 Å². The molecule has 0 bridgehead atoms. The molecular formula is C65H74N20O11. The van der Waals surface area contributed by atoms with Crippen LogP contribution in [0, 0.1) is 0 Å². The van der Waals surface area contributed by atoms with E-state index in [2.05, 4.69) is 41.7 Å². The van der Waals surface area contributed by atoms with Gasteiger partial charge in [-0.15, -0.1) is 0 Å². The standard InChI is InChI=1S/C65H74N20O11/c1-93-43-13-5-35(6-14-43)51(36-7-15-44(94-2)16-8-36)72-59-53-61(82(33-66-53)47-25-49(57(90)55(47)88)84-68-27-41(31-86)78-84)76-63(74-59)80-23-21-39(29-80)70-65(92)71-40-22-24-81(30-40)64-75-60(73-52(37-9-17-45(95-3)18-10-37)38-11-19-46(96-4)20-12-38)54-62(77-64)83(34-67-54)48-26-50(58(91)56(48)89)85-69-28-42(32-87)79-85/h5-20,27-28,33-34,39-40,47-52,55-58,86-91H,21-26,29-32H2,1-4H3,(H2,70,71,92)(H,72,74,76)(H,73,75,77)/t39-,40-,47?,48?,49?,50?,55?,56?,57?,58?/m1/s1. The van der Waals surface area contributed by atoms with Gasteiger partial charge in [0.15, 0.2) is 34.0 Å². The average molecular weight is 1310 g/mol. The fraction of sp³-hybridized carbons (Fsp3) is 0.400. The van der Waals surface area contributed by atoms with Gasteiger partial charge in [0.2, 0.25) is 11.9 Å². The van der Waals surface area contributed by atoms with Gasteiger partial charge in [-0.2, -0.15) is 49.9 Å². The summed E-state index contributed by atoms with van der Waals surface area (Å²) in [4.78, 5) is 51.2. The maximum atomic E-state index is 14.2. The zero-order valence-corrected chi connectivity index (χ0v) is 52.9. The number of aliphatic hydroxyl groups is 6. The van der Waals surface area contributed by atoms with E-state index in [0.717, 1.165) is 22.3 Å². The molecule has 10 aromatic rings. The van der Waals surface area contributed by atoms with Gasteiger partial charge in [-0.1, -0.05) is 48.5 Å². The Bertz CT molecular complexity index is 3980. The Labute approximate surface area is 549 Å². The van der Waals surface area contributed by atoms with Crippen molar-refractivity contribution < 1.29 is 54.4 Å². The number of aliphatic hydroxyl groups excluding tert-OH is 6. The molecule has 31 nitrogen and oxygen atoms in total. The summed E-state index contributed by atoms with van der Waals surface area (Å²) in [7, 11) is 6.45. The lowest BCUT2D eigenvalue weighted by Crippen LogP contribution is -2.48. The van der Waals surface area contributed by atoms with E-state index in [1.54, 1.807) is 50.2 Å². The van der Waals surface area contributed by atoms with Gasteiger partial charge in [-0.25, -0.2) is 14.8 Å². The second-order valence-electron chi connectivity index (χ2n) is 24.5. The number of urea groups is 1. The molecule has 4 aliphatic rings. The zero-order chi connectivity index (χ0) is 66.3. The minimum Gasteiger partial charge on any atom is -0.497 e. The maximum Gasteiger partial charge on any atom is 0.315 e. The molecule has 0 spiro atoms. The van der Waals surface area contributed by atoms with Crippen LogP contribution < -0.4 is 50.0 Å². The minimum absolute atomic E-state index is 0.209. The molecule has 4 fully saturated rings.